The average molecular weight is 397 g/mol. The number of pyridine rings is 1. The Hall–Kier alpha value is -1.82. The van der Waals surface area contributed by atoms with Crippen molar-refractivity contribution >= 4 is 42.2 Å². The molecule has 1 saturated heterocycles. The molecule has 1 unspecified atom stereocenters. The summed E-state index contributed by atoms with van der Waals surface area (Å²) in [5.41, 5.74) is 8.16. The second-order valence-electron chi connectivity index (χ2n) is 6.22. The number of hydrogen-bond acceptors (Lipinski definition) is 4. The molecule has 1 amide bonds. The fourth-order valence-electron chi connectivity index (χ4n) is 3.01. The highest BCUT2D eigenvalue weighted by molar-refractivity contribution is 5.90. The molecule has 0 spiro atoms. The van der Waals surface area contributed by atoms with Crippen molar-refractivity contribution in [2.24, 2.45) is 5.73 Å². The van der Waals surface area contributed by atoms with Crippen molar-refractivity contribution in [1.82, 2.24) is 4.98 Å². The van der Waals surface area contributed by atoms with Crippen LogP contribution in [0.4, 0.5) is 11.5 Å². The molecule has 5 nitrogen and oxygen atoms in total. The summed E-state index contributed by atoms with van der Waals surface area (Å²) < 4.78 is 0. The first-order valence-electron chi connectivity index (χ1n) is 8.54. The van der Waals surface area contributed by atoms with Gasteiger partial charge in [0, 0.05) is 25.6 Å². The van der Waals surface area contributed by atoms with Gasteiger partial charge in [-0.2, -0.15) is 0 Å². The van der Waals surface area contributed by atoms with Crippen LogP contribution in [0, 0.1) is 0 Å². The van der Waals surface area contributed by atoms with Crippen molar-refractivity contribution in [2.75, 3.05) is 23.3 Å². The Morgan fingerprint density at radius 2 is 1.77 bits per heavy atom. The molecule has 2 heterocycles. The number of amides is 1. The van der Waals surface area contributed by atoms with Crippen molar-refractivity contribution in [2.45, 2.75) is 31.7 Å². The Morgan fingerprint density at radius 3 is 2.38 bits per heavy atom. The van der Waals surface area contributed by atoms with Crippen LogP contribution in [0.2, 0.25) is 0 Å². The Labute approximate surface area is 167 Å². The molecule has 0 bridgehead atoms. The summed E-state index contributed by atoms with van der Waals surface area (Å²) in [4.78, 5) is 18.8. The van der Waals surface area contributed by atoms with E-state index in [1.54, 1.807) is 0 Å². The Kier molecular flexibility index (Phi) is 9.41. The third-order valence-corrected chi connectivity index (χ3v) is 4.37. The quantitative estimate of drug-likeness (QED) is 0.802. The van der Waals surface area contributed by atoms with Crippen LogP contribution in [0.1, 0.15) is 37.3 Å². The van der Waals surface area contributed by atoms with Crippen LogP contribution in [-0.4, -0.2) is 24.0 Å². The molecule has 0 radical (unpaired) electrons. The number of carbonyl (C=O) groups is 1. The highest BCUT2D eigenvalue weighted by atomic mass is 35.5. The molecule has 3 rings (SSSR count). The summed E-state index contributed by atoms with van der Waals surface area (Å²) in [5, 5.41) is 2.82. The predicted octanol–water partition coefficient (Wildman–Crippen LogP) is 3.94. The second kappa shape index (κ2) is 11.0. The van der Waals surface area contributed by atoms with E-state index in [-0.39, 0.29) is 43.2 Å². The first-order valence-corrected chi connectivity index (χ1v) is 8.54. The van der Waals surface area contributed by atoms with Crippen LogP contribution in [0.5, 0.6) is 0 Å². The summed E-state index contributed by atoms with van der Waals surface area (Å²) in [5.74, 6) is 0.450. The molecule has 7 heteroatoms. The Balaban J connectivity index is 0.00000169. The van der Waals surface area contributed by atoms with E-state index >= 15 is 0 Å². The number of anilines is 2. The molecule has 1 aromatic heterocycles. The average Bonchev–Trinajstić information content (AvgIpc) is 2.64. The molecule has 1 aliphatic rings. The van der Waals surface area contributed by atoms with Gasteiger partial charge in [0.1, 0.15) is 5.82 Å². The largest absolute Gasteiger partial charge is 0.370 e. The standard InChI is InChI=1S/C19H24N4O.2ClH/c20-17(15-7-3-1-4-8-15)13-19(24)22-18-10-9-16(14-21-18)23-11-5-2-6-12-23;;/h1,3-4,7-10,14,17H,2,5-6,11-13,20H2,(H,21,22,24);2*1H. The lowest BCUT2D eigenvalue weighted by Crippen LogP contribution is -2.29. The fourth-order valence-corrected chi connectivity index (χ4v) is 3.01. The lowest BCUT2D eigenvalue weighted by Gasteiger charge is -2.28. The number of rotatable bonds is 5. The molecule has 3 N–H and O–H groups in total. The Morgan fingerprint density at radius 1 is 1.08 bits per heavy atom. The number of nitrogens with one attached hydrogen (secondary N) is 1. The van der Waals surface area contributed by atoms with Gasteiger partial charge in [-0.3, -0.25) is 4.79 Å². The maximum atomic E-state index is 12.1. The van der Waals surface area contributed by atoms with Crippen LogP contribution in [0.15, 0.2) is 48.7 Å². The van der Waals surface area contributed by atoms with Crippen molar-refractivity contribution in [3.63, 3.8) is 0 Å². The predicted molar refractivity (Wildman–Crippen MR) is 111 cm³/mol. The Bertz CT molecular complexity index is 661. The highest BCUT2D eigenvalue weighted by Gasteiger charge is 2.13. The molecule has 2 aromatic rings. The lowest BCUT2D eigenvalue weighted by atomic mass is 10.0. The van der Waals surface area contributed by atoms with Crippen LogP contribution < -0.4 is 16.0 Å². The van der Waals surface area contributed by atoms with Gasteiger partial charge in [-0.1, -0.05) is 30.3 Å². The van der Waals surface area contributed by atoms with Crippen LogP contribution >= 0.6 is 24.8 Å². The monoisotopic (exact) mass is 396 g/mol. The van der Waals surface area contributed by atoms with Gasteiger partial charge >= 0.3 is 0 Å². The van der Waals surface area contributed by atoms with E-state index in [2.05, 4.69) is 15.2 Å². The van der Waals surface area contributed by atoms with Gasteiger partial charge < -0.3 is 16.0 Å². The van der Waals surface area contributed by atoms with Gasteiger partial charge in [0.05, 0.1) is 11.9 Å². The molecule has 26 heavy (non-hydrogen) atoms. The molecular weight excluding hydrogens is 371 g/mol. The topological polar surface area (TPSA) is 71.2 Å². The van der Waals surface area contributed by atoms with E-state index in [9.17, 15) is 4.79 Å². The van der Waals surface area contributed by atoms with Gasteiger partial charge in [-0.25, -0.2) is 4.98 Å². The zero-order valence-corrected chi connectivity index (χ0v) is 16.3. The summed E-state index contributed by atoms with van der Waals surface area (Å²) in [6.45, 7) is 2.17. The highest BCUT2D eigenvalue weighted by Crippen LogP contribution is 2.20. The van der Waals surface area contributed by atoms with Gasteiger partial charge in [0.15, 0.2) is 0 Å². The van der Waals surface area contributed by atoms with E-state index in [4.69, 9.17) is 5.73 Å². The van der Waals surface area contributed by atoms with E-state index < -0.39 is 0 Å². The lowest BCUT2D eigenvalue weighted by molar-refractivity contribution is -0.116. The van der Waals surface area contributed by atoms with Crippen LogP contribution in [-0.2, 0) is 4.79 Å². The molecule has 142 valence electrons. The summed E-state index contributed by atoms with van der Waals surface area (Å²) in [6.07, 6.45) is 5.84. The molecule has 1 atom stereocenters. The van der Waals surface area contributed by atoms with Crippen LogP contribution in [0.3, 0.4) is 0 Å². The minimum absolute atomic E-state index is 0. The first kappa shape index (κ1) is 22.2. The molecular formula is C19H26Cl2N4O. The minimum Gasteiger partial charge on any atom is -0.370 e. The summed E-state index contributed by atoms with van der Waals surface area (Å²) >= 11 is 0. The third-order valence-electron chi connectivity index (χ3n) is 4.37. The molecule has 0 aliphatic carbocycles. The maximum Gasteiger partial charge on any atom is 0.227 e. The van der Waals surface area contributed by atoms with Gasteiger partial charge in [0.25, 0.3) is 0 Å². The number of nitrogens with zero attached hydrogens (tertiary/aromatic N) is 2. The zero-order chi connectivity index (χ0) is 16.8. The number of nitrogens with two attached hydrogens (primary N) is 1. The van der Waals surface area contributed by atoms with E-state index in [0.29, 0.717) is 5.82 Å². The number of halogens is 2. The summed E-state index contributed by atoms with van der Waals surface area (Å²) in [6, 6.07) is 13.2. The van der Waals surface area contributed by atoms with Gasteiger partial charge in [-0.15, -0.1) is 24.8 Å². The van der Waals surface area contributed by atoms with E-state index in [1.807, 2.05) is 48.7 Å². The first-order chi connectivity index (χ1) is 11.7. The number of carbonyl (C=O) groups excluding carboxylic acids is 1. The third kappa shape index (κ3) is 6.16. The molecule has 1 aliphatic heterocycles. The zero-order valence-electron chi connectivity index (χ0n) is 14.6. The normalized spacial score (nSPS) is 14.6. The molecule has 1 aromatic carbocycles. The minimum atomic E-state index is -0.307. The van der Waals surface area contributed by atoms with Crippen molar-refractivity contribution < 1.29 is 4.79 Å². The van der Waals surface area contributed by atoms with Gasteiger partial charge in [-0.05, 0) is 37.0 Å². The van der Waals surface area contributed by atoms with Crippen molar-refractivity contribution in [3.05, 3.63) is 54.2 Å². The second-order valence-corrected chi connectivity index (χ2v) is 6.22. The van der Waals surface area contributed by atoms with E-state index in [1.165, 1.54) is 19.3 Å². The number of hydrogen-bond donors (Lipinski definition) is 2. The molecule has 0 saturated carbocycles. The fraction of sp³-hybridized carbons (Fsp3) is 0.368. The van der Waals surface area contributed by atoms with Crippen molar-refractivity contribution in [1.29, 1.82) is 0 Å². The number of benzene rings is 1. The van der Waals surface area contributed by atoms with Crippen molar-refractivity contribution in [3.8, 4) is 0 Å². The SMILES string of the molecule is Cl.Cl.NC(CC(=O)Nc1ccc(N2CCCCC2)cn1)c1ccccc1. The van der Waals surface area contributed by atoms with Gasteiger partial charge in [0.2, 0.25) is 5.91 Å². The van der Waals surface area contributed by atoms with Crippen LogP contribution in [0.25, 0.3) is 0 Å². The van der Waals surface area contributed by atoms with E-state index in [0.717, 1.165) is 24.3 Å². The summed E-state index contributed by atoms with van der Waals surface area (Å²) in [7, 11) is 0. The number of aromatic nitrogens is 1. The molecule has 1 fully saturated rings. The number of piperidine rings is 1. The maximum absolute atomic E-state index is 12.1. The smallest absolute Gasteiger partial charge is 0.227 e.